The zero-order valence-corrected chi connectivity index (χ0v) is 21.3. The van der Waals surface area contributed by atoms with Crippen LogP contribution < -0.4 is 29.2 Å². The van der Waals surface area contributed by atoms with E-state index in [2.05, 4.69) is 109 Å². The molecule has 3 aromatic rings. The van der Waals surface area contributed by atoms with E-state index < -0.39 is 9.04 Å². The van der Waals surface area contributed by atoms with E-state index in [1.54, 1.807) is 0 Å². The first-order valence-electron chi connectivity index (χ1n) is 10.7. The summed E-state index contributed by atoms with van der Waals surface area (Å²) >= 11 is 0. The molecule has 0 radical (unpaired) electrons. The SMILES string of the molecule is Cc1cc(C)c([Si-](OC(C)/C=C/c2ccccc2)c2c(C)cc(C)cc2C)c(C)c1.[Li+]. The first-order chi connectivity index (χ1) is 14.3. The van der Waals surface area contributed by atoms with Gasteiger partial charge in [0.05, 0.1) is 0 Å². The van der Waals surface area contributed by atoms with Crippen LogP contribution >= 0.6 is 0 Å². The second kappa shape index (κ2) is 11.2. The third-order valence-electron chi connectivity index (χ3n) is 5.47. The Morgan fingerprint density at radius 3 is 1.55 bits per heavy atom. The molecule has 3 rings (SSSR count). The molecule has 0 aromatic heterocycles. The topological polar surface area (TPSA) is 9.23 Å². The summed E-state index contributed by atoms with van der Waals surface area (Å²) in [4.78, 5) is 0. The summed E-state index contributed by atoms with van der Waals surface area (Å²) < 4.78 is 6.86. The van der Waals surface area contributed by atoms with Gasteiger partial charge in [-0.1, -0.05) is 100 Å². The first kappa shape index (κ1) is 25.4. The number of rotatable bonds is 6. The molecule has 0 bridgehead atoms. The molecule has 1 nitrogen and oxygen atoms in total. The summed E-state index contributed by atoms with van der Waals surface area (Å²) in [6.45, 7) is 15.4. The molecule has 3 aromatic carbocycles. The fraction of sp³-hybridized carbons (Fsp3) is 0.286. The van der Waals surface area contributed by atoms with Crippen LogP contribution in [0.4, 0.5) is 0 Å². The molecule has 1 unspecified atom stereocenters. The molecular formula is C28H33LiOSi. The Kier molecular flexibility index (Phi) is 9.16. The summed E-state index contributed by atoms with van der Waals surface area (Å²) in [6, 6.07) is 19.6. The van der Waals surface area contributed by atoms with Gasteiger partial charge >= 0.3 is 18.9 Å². The van der Waals surface area contributed by atoms with Crippen LogP contribution in [0.3, 0.4) is 0 Å². The van der Waals surface area contributed by atoms with Crippen LogP contribution in [0, 0.1) is 41.5 Å². The number of hydrogen-bond donors (Lipinski definition) is 0. The molecular weight excluding hydrogens is 387 g/mol. The Labute approximate surface area is 202 Å². The predicted octanol–water partition coefficient (Wildman–Crippen LogP) is 2.77. The van der Waals surface area contributed by atoms with Gasteiger partial charge in [-0.05, 0) is 54.0 Å². The largest absolute Gasteiger partial charge is 1.00 e. The Morgan fingerprint density at radius 2 is 1.13 bits per heavy atom. The van der Waals surface area contributed by atoms with Crippen LogP contribution in [0.15, 0.2) is 60.7 Å². The Bertz CT molecular complexity index is 952. The van der Waals surface area contributed by atoms with E-state index in [9.17, 15) is 0 Å². The van der Waals surface area contributed by atoms with E-state index in [0.29, 0.717) is 0 Å². The van der Waals surface area contributed by atoms with Crippen LogP contribution in [-0.2, 0) is 4.43 Å². The maximum Gasteiger partial charge on any atom is 1.00 e. The zero-order valence-electron chi connectivity index (χ0n) is 20.3. The van der Waals surface area contributed by atoms with Crippen molar-refractivity contribution in [2.45, 2.75) is 54.6 Å². The molecule has 0 heterocycles. The third kappa shape index (κ3) is 6.34. The van der Waals surface area contributed by atoms with Crippen molar-refractivity contribution in [2.75, 3.05) is 0 Å². The molecule has 0 aliphatic heterocycles. The average molecular weight is 421 g/mol. The van der Waals surface area contributed by atoms with Crippen LogP contribution in [0.5, 0.6) is 0 Å². The van der Waals surface area contributed by atoms with Crippen molar-refractivity contribution in [3.63, 3.8) is 0 Å². The Morgan fingerprint density at radius 1 is 0.710 bits per heavy atom. The molecule has 3 heteroatoms. The van der Waals surface area contributed by atoms with Gasteiger partial charge in [-0.2, -0.15) is 10.4 Å². The normalized spacial score (nSPS) is 12.0. The molecule has 1 atom stereocenters. The van der Waals surface area contributed by atoms with E-state index in [4.69, 9.17) is 4.43 Å². The van der Waals surface area contributed by atoms with Crippen molar-refractivity contribution in [2.24, 2.45) is 0 Å². The van der Waals surface area contributed by atoms with Crippen molar-refractivity contribution in [1.29, 1.82) is 0 Å². The summed E-state index contributed by atoms with van der Waals surface area (Å²) in [7, 11) is -1.41. The Balaban J connectivity index is 0.00000341. The summed E-state index contributed by atoms with van der Waals surface area (Å²) in [5.41, 5.74) is 9.15. The van der Waals surface area contributed by atoms with Gasteiger partial charge in [-0.3, -0.25) is 0 Å². The second-order valence-corrected chi connectivity index (χ2v) is 10.4. The minimum absolute atomic E-state index is 0. The quantitative estimate of drug-likeness (QED) is 0.557. The minimum Gasteiger partial charge on any atom is -0.554 e. The fourth-order valence-electron chi connectivity index (χ4n) is 4.36. The van der Waals surface area contributed by atoms with E-state index in [1.807, 2.05) is 6.07 Å². The van der Waals surface area contributed by atoms with Crippen LogP contribution in [0.25, 0.3) is 6.08 Å². The zero-order chi connectivity index (χ0) is 21.8. The van der Waals surface area contributed by atoms with Crippen molar-refractivity contribution in [3.05, 3.63) is 99.6 Å². The standard InChI is InChI=1S/C28H33OSi.Li/c1-19-15-21(3)27(22(4)16-19)30(28-23(5)17-20(2)18-24(28)6)29-25(7)13-14-26-11-9-8-10-12-26;/h8-18,25H,1-7H3;/q-1;+1/b14-13+;. The summed E-state index contributed by atoms with van der Waals surface area (Å²) in [5, 5.41) is 2.78. The molecule has 0 spiro atoms. The molecule has 0 aliphatic carbocycles. The average Bonchev–Trinajstić information content (AvgIpc) is 2.65. The van der Waals surface area contributed by atoms with Crippen molar-refractivity contribution in [3.8, 4) is 0 Å². The van der Waals surface area contributed by atoms with E-state index in [0.717, 1.165) is 0 Å². The van der Waals surface area contributed by atoms with Crippen LogP contribution in [0.2, 0.25) is 0 Å². The maximum absolute atomic E-state index is 6.86. The van der Waals surface area contributed by atoms with Gasteiger partial charge in [0.15, 0.2) is 0 Å². The minimum atomic E-state index is -1.41. The smallest absolute Gasteiger partial charge is 0.554 e. The molecule has 0 saturated heterocycles. The summed E-state index contributed by atoms with van der Waals surface area (Å²) in [5.74, 6) is 0. The second-order valence-electron chi connectivity index (χ2n) is 8.47. The van der Waals surface area contributed by atoms with Crippen LogP contribution in [-0.4, -0.2) is 15.1 Å². The summed E-state index contributed by atoms with van der Waals surface area (Å²) in [6.07, 6.45) is 4.37. The van der Waals surface area contributed by atoms with Gasteiger partial charge in [0, 0.05) is 6.10 Å². The van der Waals surface area contributed by atoms with Gasteiger partial charge in [0.2, 0.25) is 0 Å². The number of hydrogen-bond acceptors (Lipinski definition) is 1. The molecule has 0 saturated carbocycles. The monoisotopic (exact) mass is 420 g/mol. The maximum atomic E-state index is 6.86. The number of benzene rings is 3. The molecule has 31 heavy (non-hydrogen) atoms. The van der Waals surface area contributed by atoms with Crippen molar-refractivity contribution >= 4 is 25.5 Å². The van der Waals surface area contributed by atoms with Crippen molar-refractivity contribution < 1.29 is 23.3 Å². The fourth-order valence-corrected chi connectivity index (χ4v) is 7.01. The van der Waals surface area contributed by atoms with E-state index in [-0.39, 0.29) is 25.0 Å². The van der Waals surface area contributed by atoms with Gasteiger partial charge < -0.3 is 4.43 Å². The predicted molar refractivity (Wildman–Crippen MR) is 132 cm³/mol. The Hall–Kier alpha value is -1.83. The van der Waals surface area contributed by atoms with Gasteiger partial charge in [0.25, 0.3) is 0 Å². The van der Waals surface area contributed by atoms with Crippen LogP contribution in [0.1, 0.15) is 45.9 Å². The van der Waals surface area contributed by atoms with Gasteiger partial charge in [0.1, 0.15) is 0 Å². The van der Waals surface area contributed by atoms with Gasteiger partial charge in [-0.25, -0.2) is 0 Å². The van der Waals surface area contributed by atoms with E-state index >= 15 is 0 Å². The molecule has 0 N–H and O–H groups in total. The third-order valence-corrected chi connectivity index (χ3v) is 8.56. The molecule has 0 aliphatic rings. The first-order valence-corrected chi connectivity index (χ1v) is 12.1. The van der Waals surface area contributed by atoms with Gasteiger partial charge in [-0.15, -0.1) is 9.04 Å². The van der Waals surface area contributed by atoms with E-state index in [1.165, 1.54) is 49.3 Å². The molecule has 0 fully saturated rings. The molecule has 156 valence electrons. The number of aryl methyl sites for hydroxylation is 6. The molecule has 0 amide bonds. The van der Waals surface area contributed by atoms with Crippen molar-refractivity contribution in [1.82, 2.24) is 0 Å².